The zero-order valence-corrected chi connectivity index (χ0v) is 12.4. The summed E-state index contributed by atoms with van der Waals surface area (Å²) in [5, 5.41) is 2.50. The first-order valence-corrected chi connectivity index (χ1v) is 7.40. The molecule has 3 heterocycles. The van der Waals surface area contributed by atoms with Crippen LogP contribution in [0.3, 0.4) is 0 Å². The minimum Gasteiger partial charge on any atom is -0.382 e. The van der Waals surface area contributed by atoms with Crippen molar-refractivity contribution in [2.75, 3.05) is 5.73 Å². The molecule has 4 aromatic rings. The molecule has 0 saturated heterocycles. The zero-order valence-electron chi connectivity index (χ0n) is 11.6. The number of fused-ring (bicyclic) bond motifs is 2. The number of aryl methyl sites for hydroxylation is 1. The number of nitrogens with one attached hydrogen (secondary N) is 1. The van der Waals surface area contributed by atoms with Crippen LogP contribution in [0.2, 0.25) is 0 Å². The van der Waals surface area contributed by atoms with Crippen LogP contribution in [0.1, 0.15) is 5.82 Å². The lowest BCUT2D eigenvalue weighted by Crippen LogP contribution is -1.92. The van der Waals surface area contributed by atoms with Gasteiger partial charge in [-0.3, -0.25) is 0 Å². The minimum atomic E-state index is 0.358. The van der Waals surface area contributed by atoms with Crippen LogP contribution >= 0.6 is 11.8 Å². The quantitative estimate of drug-likeness (QED) is 0.547. The highest BCUT2D eigenvalue weighted by atomic mass is 32.2. The van der Waals surface area contributed by atoms with Gasteiger partial charge < -0.3 is 10.7 Å². The molecule has 0 aliphatic rings. The van der Waals surface area contributed by atoms with Gasteiger partial charge in [0.15, 0.2) is 22.1 Å². The number of benzene rings is 1. The third-order valence-electron chi connectivity index (χ3n) is 3.16. The summed E-state index contributed by atoms with van der Waals surface area (Å²) in [7, 11) is 0. The summed E-state index contributed by atoms with van der Waals surface area (Å²) < 4.78 is 0. The zero-order chi connectivity index (χ0) is 15.1. The molecule has 0 bridgehead atoms. The van der Waals surface area contributed by atoms with Crippen LogP contribution in [0.15, 0.2) is 40.8 Å². The molecule has 8 heteroatoms. The van der Waals surface area contributed by atoms with E-state index in [4.69, 9.17) is 5.73 Å². The number of hydrogen-bond acceptors (Lipinski definition) is 7. The standard InChI is InChI=1S/C14H11N7S/c1-7-18-9-5-3-2-4-8(9)13(19-7)22-14-20-10-11(15)16-6-17-12(10)21-14/h2-6H,1H3,(H3,15,16,17,20,21). The van der Waals surface area contributed by atoms with Crippen LogP contribution in [0.4, 0.5) is 5.82 Å². The van der Waals surface area contributed by atoms with E-state index in [1.165, 1.54) is 18.1 Å². The molecular weight excluding hydrogens is 298 g/mol. The SMILES string of the molecule is Cc1nc(Sc2nc3c(N)ncnc3[nH]2)c2ccccc2n1. The second-order valence-corrected chi connectivity index (χ2v) is 5.67. The first-order valence-electron chi connectivity index (χ1n) is 6.58. The van der Waals surface area contributed by atoms with Crippen LogP contribution in [0.5, 0.6) is 0 Å². The summed E-state index contributed by atoms with van der Waals surface area (Å²) in [4.78, 5) is 24.6. The predicted molar refractivity (Wildman–Crippen MR) is 84.5 cm³/mol. The molecule has 0 saturated carbocycles. The molecule has 7 nitrogen and oxygen atoms in total. The summed E-state index contributed by atoms with van der Waals surface area (Å²) >= 11 is 1.42. The Morgan fingerprint density at radius 3 is 2.82 bits per heavy atom. The molecule has 0 aliphatic heterocycles. The number of rotatable bonds is 2. The molecule has 3 aromatic heterocycles. The number of nitrogens with two attached hydrogens (primary N) is 1. The Morgan fingerprint density at radius 1 is 1.09 bits per heavy atom. The molecule has 0 spiro atoms. The molecule has 0 radical (unpaired) electrons. The maximum Gasteiger partial charge on any atom is 0.174 e. The summed E-state index contributed by atoms with van der Waals surface area (Å²) in [6, 6.07) is 7.89. The van der Waals surface area contributed by atoms with Crippen molar-refractivity contribution in [3.8, 4) is 0 Å². The Bertz CT molecular complexity index is 995. The maximum absolute atomic E-state index is 5.81. The second kappa shape index (κ2) is 4.92. The Labute approximate surface area is 129 Å². The van der Waals surface area contributed by atoms with Crippen molar-refractivity contribution < 1.29 is 0 Å². The van der Waals surface area contributed by atoms with Crippen molar-refractivity contribution in [2.45, 2.75) is 17.1 Å². The number of nitrogens with zero attached hydrogens (tertiary/aromatic N) is 5. The van der Waals surface area contributed by atoms with Crippen molar-refractivity contribution in [3.63, 3.8) is 0 Å². The molecule has 22 heavy (non-hydrogen) atoms. The van der Waals surface area contributed by atoms with Crippen molar-refractivity contribution in [2.24, 2.45) is 0 Å². The number of imidazole rings is 1. The maximum atomic E-state index is 5.81. The number of H-pyrrole nitrogens is 1. The molecule has 4 rings (SSSR count). The fourth-order valence-corrected chi connectivity index (χ4v) is 3.13. The average Bonchev–Trinajstić information content (AvgIpc) is 2.91. The highest BCUT2D eigenvalue weighted by molar-refractivity contribution is 7.99. The van der Waals surface area contributed by atoms with Gasteiger partial charge in [-0.2, -0.15) is 0 Å². The first-order chi connectivity index (χ1) is 10.7. The number of nitrogen functional groups attached to an aromatic ring is 1. The van der Waals surface area contributed by atoms with Gasteiger partial charge in [-0.05, 0) is 24.8 Å². The number of para-hydroxylation sites is 1. The first kappa shape index (κ1) is 13.0. The van der Waals surface area contributed by atoms with Crippen LogP contribution < -0.4 is 5.73 Å². The number of aromatic nitrogens is 6. The van der Waals surface area contributed by atoms with Gasteiger partial charge in [0.1, 0.15) is 17.2 Å². The summed E-state index contributed by atoms with van der Waals surface area (Å²) in [6.07, 6.45) is 1.41. The van der Waals surface area contributed by atoms with E-state index in [-0.39, 0.29) is 0 Å². The highest BCUT2D eigenvalue weighted by Gasteiger charge is 2.12. The largest absolute Gasteiger partial charge is 0.382 e. The lowest BCUT2D eigenvalue weighted by molar-refractivity contribution is 0.997. The number of hydrogen-bond donors (Lipinski definition) is 2. The minimum absolute atomic E-state index is 0.358. The highest BCUT2D eigenvalue weighted by Crippen LogP contribution is 2.31. The molecule has 108 valence electrons. The third kappa shape index (κ3) is 2.13. The molecule has 0 unspecified atom stereocenters. The van der Waals surface area contributed by atoms with E-state index in [1.54, 1.807) is 0 Å². The molecule has 0 aliphatic carbocycles. The van der Waals surface area contributed by atoms with Gasteiger partial charge in [0.25, 0.3) is 0 Å². The van der Waals surface area contributed by atoms with E-state index in [1.807, 2.05) is 31.2 Å². The average molecular weight is 309 g/mol. The molecule has 0 fully saturated rings. The Balaban J connectivity index is 1.84. The van der Waals surface area contributed by atoms with E-state index in [0.717, 1.165) is 21.8 Å². The fourth-order valence-electron chi connectivity index (χ4n) is 2.20. The van der Waals surface area contributed by atoms with Crippen LogP contribution in [0.25, 0.3) is 22.1 Å². The van der Waals surface area contributed by atoms with E-state index in [2.05, 4.69) is 29.9 Å². The molecular formula is C14H11N7S. The molecule has 0 atom stereocenters. The molecule has 1 aromatic carbocycles. The topological polar surface area (TPSA) is 106 Å². The van der Waals surface area contributed by atoms with E-state index in [0.29, 0.717) is 22.1 Å². The number of anilines is 1. The van der Waals surface area contributed by atoms with Gasteiger partial charge in [0.05, 0.1) is 5.52 Å². The summed E-state index contributed by atoms with van der Waals surface area (Å²) in [6.45, 7) is 1.87. The normalized spacial score (nSPS) is 11.3. The smallest absolute Gasteiger partial charge is 0.174 e. The third-order valence-corrected chi connectivity index (χ3v) is 4.05. The Hall–Kier alpha value is -2.74. The van der Waals surface area contributed by atoms with Gasteiger partial charge in [-0.15, -0.1) is 0 Å². The van der Waals surface area contributed by atoms with Gasteiger partial charge in [-0.1, -0.05) is 18.2 Å². The lowest BCUT2D eigenvalue weighted by atomic mass is 10.2. The van der Waals surface area contributed by atoms with E-state index < -0.39 is 0 Å². The molecule has 0 amide bonds. The number of aromatic amines is 1. The summed E-state index contributed by atoms with van der Waals surface area (Å²) in [5.74, 6) is 1.08. The van der Waals surface area contributed by atoms with E-state index in [9.17, 15) is 0 Å². The van der Waals surface area contributed by atoms with Crippen LogP contribution in [0, 0.1) is 6.92 Å². The van der Waals surface area contributed by atoms with Crippen molar-refractivity contribution >= 4 is 39.6 Å². The van der Waals surface area contributed by atoms with Gasteiger partial charge >= 0.3 is 0 Å². The predicted octanol–water partition coefficient (Wildman–Crippen LogP) is 2.34. The summed E-state index contributed by atoms with van der Waals surface area (Å²) in [5.41, 5.74) is 7.90. The second-order valence-electron chi connectivity index (χ2n) is 4.69. The van der Waals surface area contributed by atoms with Crippen molar-refractivity contribution in [1.29, 1.82) is 0 Å². The van der Waals surface area contributed by atoms with Crippen LogP contribution in [-0.2, 0) is 0 Å². The lowest BCUT2D eigenvalue weighted by Gasteiger charge is -2.04. The fraction of sp³-hybridized carbons (Fsp3) is 0.0714. The van der Waals surface area contributed by atoms with Crippen LogP contribution in [-0.4, -0.2) is 29.9 Å². The molecule has 3 N–H and O–H groups in total. The monoisotopic (exact) mass is 309 g/mol. The van der Waals surface area contributed by atoms with Crippen molar-refractivity contribution in [1.82, 2.24) is 29.9 Å². The van der Waals surface area contributed by atoms with Gasteiger partial charge in [0, 0.05) is 5.39 Å². The van der Waals surface area contributed by atoms with Crippen molar-refractivity contribution in [3.05, 3.63) is 36.4 Å². The Kier molecular flexibility index (Phi) is 2.90. The van der Waals surface area contributed by atoms with Gasteiger partial charge in [-0.25, -0.2) is 24.9 Å². The van der Waals surface area contributed by atoms with E-state index >= 15 is 0 Å². The van der Waals surface area contributed by atoms with Gasteiger partial charge in [0.2, 0.25) is 0 Å². The Morgan fingerprint density at radius 2 is 1.95 bits per heavy atom.